The lowest BCUT2D eigenvalue weighted by Crippen LogP contribution is -2.27. The van der Waals surface area contributed by atoms with E-state index in [0.717, 1.165) is 0 Å². The fourth-order valence-electron chi connectivity index (χ4n) is 2.98. The van der Waals surface area contributed by atoms with Crippen LogP contribution in [0.1, 0.15) is 21.0 Å². The van der Waals surface area contributed by atoms with Crippen molar-refractivity contribution in [1.82, 2.24) is 15.3 Å². The van der Waals surface area contributed by atoms with E-state index in [1.54, 1.807) is 48.5 Å². The van der Waals surface area contributed by atoms with Crippen molar-refractivity contribution in [3.63, 3.8) is 0 Å². The van der Waals surface area contributed by atoms with E-state index in [1.807, 2.05) is 0 Å². The summed E-state index contributed by atoms with van der Waals surface area (Å²) in [6, 6.07) is 13.5. The lowest BCUT2D eigenvalue weighted by atomic mass is 10.1. The highest BCUT2D eigenvalue weighted by atomic mass is 35.5. The fourth-order valence-corrected chi connectivity index (χ4v) is 3.48. The summed E-state index contributed by atoms with van der Waals surface area (Å²) < 4.78 is 0. The third-order valence-electron chi connectivity index (χ3n) is 4.49. The van der Waals surface area contributed by atoms with E-state index in [0.29, 0.717) is 21.5 Å². The van der Waals surface area contributed by atoms with Crippen molar-refractivity contribution in [2.75, 3.05) is 13.2 Å². The largest absolute Gasteiger partial charge is 0.505 e. The summed E-state index contributed by atoms with van der Waals surface area (Å²) in [4.78, 5) is 29.9. The summed E-state index contributed by atoms with van der Waals surface area (Å²) in [7, 11) is 0. The predicted octanol–water partition coefficient (Wildman–Crippen LogP) is 3.61. The van der Waals surface area contributed by atoms with Gasteiger partial charge in [-0.1, -0.05) is 71.7 Å². The number of amides is 1. The average molecular weight is 490 g/mol. The molecule has 0 aliphatic carbocycles. The number of aliphatic hydroxyl groups excluding tert-OH is 1. The van der Waals surface area contributed by atoms with Crippen LogP contribution in [0.2, 0.25) is 10.3 Å². The number of halogens is 2. The van der Waals surface area contributed by atoms with Crippen molar-refractivity contribution in [2.24, 2.45) is 0 Å². The minimum atomic E-state index is -1.31. The molecule has 0 radical (unpaired) electrons. The molecule has 2 heterocycles. The van der Waals surface area contributed by atoms with Crippen molar-refractivity contribution in [3.05, 3.63) is 70.2 Å². The molecule has 0 fully saturated rings. The van der Waals surface area contributed by atoms with Gasteiger partial charge in [0, 0.05) is 28.1 Å². The van der Waals surface area contributed by atoms with Gasteiger partial charge in [0.05, 0.1) is 6.61 Å². The fraction of sp³-hybridized carbons (Fsp3) is 0.0909. The van der Waals surface area contributed by atoms with Crippen molar-refractivity contribution in [3.8, 4) is 11.5 Å². The maximum atomic E-state index is 11.7. The Morgan fingerprint density at radius 2 is 1.21 bits per heavy atom. The molecule has 0 unspecified atom stereocenters. The first-order valence-electron chi connectivity index (χ1n) is 9.43. The molecule has 0 spiro atoms. The van der Waals surface area contributed by atoms with Gasteiger partial charge in [0.1, 0.15) is 10.3 Å². The second-order valence-electron chi connectivity index (χ2n) is 6.58. The molecule has 11 heteroatoms. The summed E-state index contributed by atoms with van der Waals surface area (Å²) >= 11 is 11.8. The van der Waals surface area contributed by atoms with Gasteiger partial charge in [-0.15, -0.1) is 0 Å². The Hall–Kier alpha value is -3.66. The van der Waals surface area contributed by atoms with Gasteiger partial charge in [0.15, 0.2) is 22.9 Å². The van der Waals surface area contributed by atoms with Crippen LogP contribution in [0.4, 0.5) is 0 Å². The van der Waals surface area contributed by atoms with Crippen molar-refractivity contribution in [1.29, 1.82) is 0 Å². The number of carbonyl (C=O) groups is 2. The van der Waals surface area contributed by atoms with Gasteiger partial charge in [-0.25, -0.2) is 14.8 Å². The van der Waals surface area contributed by atoms with Crippen molar-refractivity contribution >= 4 is 56.6 Å². The first-order chi connectivity index (χ1) is 15.8. The van der Waals surface area contributed by atoms with Gasteiger partial charge in [0.2, 0.25) is 0 Å². The normalized spacial score (nSPS) is 10.5. The van der Waals surface area contributed by atoms with Crippen LogP contribution in [0.25, 0.3) is 21.5 Å². The number of aromatic carboxylic acids is 1. The maximum absolute atomic E-state index is 11.7. The van der Waals surface area contributed by atoms with Crippen LogP contribution in [0.3, 0.4) is 0 Å². The van der Waals surface area contributed by atoms with Crippen LogP contribution >= 0.6 is 23.2 Å². The molecule has 0 saturated carbocycles. The topological polar surface area (TPSA) is 153 Å². The van der Waals surface area contributed by atoms with E-state index in [2.05, 4.69) is 15.3 Å². The molecule has 2 aromatic carbocycles. The third-order valence-corrected chi connectivity index (χ3v) is 5.07. The van der Waals surface area contributed by atoms with E-state index in [9.17, 15) is 19.8 Å². The monoisotopic (exact) mass is 489 g/mol. The van der Waals surface area contributed by atoms with E-state index in [1.165, 1.54) is 0 Å². The van der Waals surface area contributed by atoms with E-state index in [4.69, 9.17) is 33.4 Å². The minimum Gasteiger partial charge on any atom is -0.505 e. The molecule has 0 atom stereocenters. The number of carboxylic acid groups (broad SMARTS) is 1. The van der Waals surface area contributed by atoms with Gasteiger partial charge < -0.3 is 25.7 Å². The Kier molecular flexibility index (Phi) is 7.49. The Morgan fingerprint density at radius 3 is 1.67 bits per heavy atom. The number of aromatic nitrogens is 2. The molecule has 4 rings (SSSR count). The SMILES string of the molecule is O=C(NCCO)c1nc(Cl)c2ccccc2c1O.O=C(O)c1nc(Cl)c2ccccc2c1O. The summed E-state index contributed by atoms with van der Waals surface area (Å²) in [5, 5.41) is 41.6. The minimum absolute atomic E-state index is 0.0702. The highest BCUT2D eigenvalue weighted by Gasteiger charge is 2.18. The number of pyridine rings is 2. The van der Waals surface area contributed by atoms with Gasteiger partial charge in [-0.2, -0.15) is 0 Å². The summed E-state index contributed by atoms with van der Waals surface area (Å²) in [6.45, 7) is -0.0990. The van der Waals surface area contributed by atoms with Crippen LogP contribution in [-0.4, -0.2) is 55.4 Å². The molecule has 0 bridgehead atoms. The highest BCUT2D eigenvalue weighted by Crippen LogP contribution is 2.32. The molecule has 2 aromatic heterocycles. The number of fused-ring (bicyclic) bond motifs is 2. The molecule has 5 N–H and O–H groups in total. The molecule has 170 valence electrons. The molecule has 9 nitrogen and oxygen atoms in total. The zero-order chi connectivity index (χ0) is 24.1. The Bertz CT molecular complexity index is 1360. The highest BCUT2D eigenvalue weighted by molar-refractivity contribution is 6.35. The maximum Gasteiger partial charge on any atom is 0.358 e. The molecular weight excluding hydrogens is 473 g/mol. The summed E-state index contributed by atoms with van der Waals surface area (Å²) in [5.41, 5.74) is -0.578. The van der Waals surface area contributed by atoms with Gasteiger partial charge in [0.25, 0.3) is 5.91 Å². The predicted molar refractivity (Wildman–Crippen MR) is 123 cm³/mol. The second kappa shape index (κ2) is 10.3. The molecule has 0 aliphatic heterocycles. The first kappa shape index (κ1) is 24.0. The first-order valence-corrected chi connectivity index (χ1v) is 10.2. The number of nitrogens with zero attached hydrogens (tertiary/aromatic N) is 2. The van der Waals surface area contributed by atoms with Gasteiger partial charge in [-0.3, -0.25) is 4.79 Å². The second-order valence-corrected chi connectivity index (χ2v) is 7.29. The standard InChI is InChI=1S/C12H11ClN2O3.C10H6ClNO3/c13-11-8-4-2-1-3-7(8)10(17)9(15-11)12(18)14-5-6-16;11-9-6-4-2-1-3-5(6)8(13)7(12-9)10(14)15/h1-4,16-17H,5-6H2,(H,14,18);1-4,13H,(H,14,15). The Balaban J connectivity index is 0.000000189. The molecule has 1 amide bonds. The summed E-state index contributed by atoms with van der Waals surface area (Å²) in [6.07, 6.45) is 0. The van der Waals surface area contributed by atoms with Crippen molar-refractivity contribution < 1.29 is 30.0 Å². The third kappa shape index (κ3) is 5.06. The number of rotatable bonds is 4. The molecular formula is C22H17Cl2N3O6. The lowest BCUT2D eigenvalue weighted by Gasteiger charge is -2.08. The zero-order valence-corrected chi connectivity index (χ0v) is 18.3. The molecule has 0 aliphatic rings. The number of hydrogen-bond donors (Lipinski definition) is 5. The Morgan fingerprint density at radius 1 is 0.788 bits per heavy atom. The van der Waals surface area contributed by atoms with Crippen LogP contribution < -0.4 is 5.32 Å². The van der Waals surface area contributed by atoms with Crippen molar-refractivity contribution in [2.45, 2.75) is 0 Å². The Labute approximate surface area is 196 Å². The molecule has 33 heavy (non-hydrogen) atoms. The van der Waals surface area contributed by atoms with E-state index in [-0.39, 0.29) is 40.7 Å². The average Bonchev–Trinajstić information content (AvgIpc) is 2.82. The number of benzene rings is 2. The summed E-state index contributed by atoms with van der Waals surface area (Å²) in [5.74, 6) is -2.46. The molecule has 4 aromatic rings. The number of hydrogen-bond acceptors (Lipinski definition) is 7. The zero-order valence-electron chi connectivity index (χ0n) is 16.8. The van der Waals surface area contributed by atoms with Crippen LogP contribution in [0.15, 0.2) is 48.5 Å². The van der Waals surface area contributed by atoms with Gasteiger partial charge in [-0.05, 0) is 0 Å². The quantitative estimate of drug-likeness (QED) is 0.272. The lowest BCUT2D eigenvalue weighted by molar-refractivity contribution is 0.0687. The van der Waals surface area contributed by atoms with Crippen LogP contribution in [-0.2, 0) is 0 Å². The molecule has 0 saturated heterocycles. The number of aliphatic hydroxyl groups is 1. The number of nitrogens with one attached hydrogen (secondary N) is 1. The van der Waals surface area contributed by atoms with E-state index >= 15 is 0 Å². The van der Waals surface area contributed by atoms with Crippen LogP contribution in [0, 0.1) is 0 Å². The van der Waals surface area contributed by atoms with Crippen LogP contribution in [0.5, 0.6) is 11.5 Å². The number of carboxylic acids is 1. The smallest absolute Gasteiger partial charge is 0.358 e. The van der Waals surface area contributed by atoms with Gasteiger partial charge >= 0.3 is 5.97 Å². The number of carbonyl (C=O) groups excluding carboxylic acids is 1. The van der Waals surface area contributed by atoms with E-state index < -0.39 is 17.6 Å². The number of aromatic hydroxyl groups is 2.